The number of nitrogens with zero attached hydrogens (tertiary/aromatic N) is 1. The van der Waals surface area contributed by atoms with Crippen LogP contribution in [0.15, 0.2) is 28.5 Å². The number of aliphatic imine (C=N–C) groups is 1. The zero-order valence-corrected chi connectivity index (χ0v) is 8.20. The fourth-order valence-corrected chi connectivity index (χ4v) is 1.67. The average Bonchev–Trinajstić information content (AvgIpc) is 2.81. The number of fused-ring (bicyclic) bond motifs is 1. The minimum absolute atomic E-state index is 0.503. The van der Waals surface area contributed by atoms with Crippen molar-refractivity contribution in [3.63, 3.8) is 0 Å². The highest BCUT2D eigenvalue weighted by atomic mass is 14.8. The minimum Gasteiger partial charge on any atom is -0.397 e. The lowest BCUT2D eigenvalue weighted by atomic mass is 10.1. The van der Waals surface area contributed by atoms with Gasteiger partial charge in [-0.3, -0.25) is 4.99 Å². The maximum atomic E-state index is 5.86. The van der Waals surface area contributed by atoms with Gasteiger partial charge in [-0.15, -0.1) is 0 Å². The molecule has 0 aromatic heterocycles. The van der Waals surface area contributed by atoms with Gasteiger partial charge in [-0.2, -0.15) is 0 Å². The van der Waals surface area contributed by atoms with E-state index in [-0.39, 0.29) is 0 Å². The van der Waals surface area contributed by atoms with Crippen LogP contribution in [0.3, 0.4) is 0 Å². The Morgan fingerprint density at radius 3 is 3.08 bits per heavy atom. The Bertz CT molecular complexity index is 297. The van der Waals surface area contributed by atoms with Gasteiger partial charge in [0.15, 0.2) is 0 Å². The third-order valence-corrected chi connectivity index (χ3v) is 2.52. The third-order valence-electron chi connectivity index (χ3n) is 2.52. The van der Waals surface area contributed by atoms with E-state index in [1.165, 1.54) is 6.42 Å². The maximum absolute atomic E-state index is 5.86. The summed E-state index contributed by atoms with van der Waals surface area (Å²) in [4.78, 5) is 4.46. The average molecular weight is 176 g/mol. The first-order valence-corrected chi connectivity index (χ1v) is 4.90. The molecular weight excluding hydrogens is 160 g/mol. The molecule has 0 saturated heterocycles. The van der Waals surface area contributed by atoms with E-state index in [0.29, 0.717) is 11.8 Å². The van der Waals surface area contributed by atoms with E-state index in [4.69, 9.17) is 5.73 Å². The maximum Gasteiger partial charge on any atom is 0.0665 e. The second-order valence-electron chi connectivity index (χ2n) is 4.23. The van der Waals surface area contributed by atoms with Crippen LogP contribution in [0.2, 0.25) is 0 Å². The highest BCUT2D eigenvalue weighted by molar-refractivity contribution is 5.62. The van der Waals surface area contributed by atoms with Crippen LogP contribution in [0.1, 0.15) is 20.3 Å². The molecule has 0 aliphatic heterocycles. The van der Waals surface area contributed by atoms with Crippen molar-refractivity contribution in [1.29, 1.82) is 0 Å². The van der Waals surface area contributed by atoms with Gasteiger partial charge in [0.1, 0.15) is 0 Å². The molecule has 0 aromatic carbocycles. The molecule has 1 fully saturated rings. The molecule has 0 spiro atoms. The van der Waals surface area contributed by atoms with Crippen LogP contribution in [-0.2, 0) is 0 Å². The van der Waals surface area contributed by atoms with Gasteiger partial charge in [-0.1, -0.05) is 19.9 Å². The molecule has 13 heavy (non-hydrogen) atoms. The molecule has 2 N–H and O–H groups in total. The first kappa shape index (κ1) is 8.54. The number of hydrogen-bond acceptors (Lipinski definition) is 2. The first-order valence-electron chi connectivity index (χ1n) is 4.90. The van der Waals surface area contributed by atoms with Gasteiger partial charge in [-0.25, -0.2) is 0 Å². The molecule has 2 rings (SSSR count). The number of rotatable bonds is 2. The second kappa shape index (κ2) is 3.02. The molecule has 70 valence electrons. The van der Waals surface area contributed by atoms with Crippen LogP contribution in [0.5, 0.6) is 0 Å². The van der Waals surface area contributed by atoms with Crippen molar-refractivity contribution >= 4 is 6.21 Å². The topological polar surface area (TPSA) is 38.4 Å². The van der Waals surface area contributed by atoms with E-state index in [1.54, 1.807) is 0 Å². The predicted molar refractivity (Wildman–Crippen MR) is 55.3 cm³/mol. The number of nitrogens with two attached hydrogens (primary N) is 1. The first-order chi connectivity index (χ1) is 6.18. The molecule has 2 heteroatoms. The van der Waals surface area contributed by atoms with Crippen LogP contribution < -0.4 is 5.73 Å². The van der Waals surface area contributed by atoms with Gasteiger partial charge in [0.2, 0.25) is 0 Å². The van der Waals surface area contributed by atoms with Crippen LogP contribution in [0.4, 0.5) is 0 Å². The SMILES string of the molecule is CC(C)C=NC1=C(N)C=CC2CC12. The lowest BCUT2D eigenvalue weighted by molar-refractivity contribution is 0.852. The third kappa shape index (κ3) is 1.67. The Morgan fingerprint density at radius 1 is 1.62 bits per heavy atom. The number of allylic oxidation sites excluding steroid dienone is 3. The molecule has 2 aliphatic rings. The summed E-state index contributed by atoms with van der Waals surface area (Å²) in [6, 6.07) is 0. The summed E-state index contributed by atoms with van der Waals surface area (Å²) in [5.41, 5.74) is 7.83. The molecule has 2 atom stereocenters. The van der Waals surface area contributed by atoms with E-state index in [2.05, 4.69) is 24.9 Å². The molecule has 1 saturated carbocycles. The van der Waals surface area contributed by atoms with Gasteiger partial charge in [0.05, 0.1) is 11.4 Å². The Balaban J connectivity index is 2.16. The zero-order chi connectivity index (χ0) is 9.42. The summed E-state index contributed by atoms with van der Waals surface area (Å²) < 4.78 is 0. The van der Waals surface area contributed by atoms with Gasteiger partial charge in [0, 0.05) is 12.1 Å². The molecule has 0 bridgehead atoms. The van der Waals surface area contributed by atoms with Gasteiger partial charge < -0.3 is 5.73 Å². The fraction of sp³-hybridized carbons (Fsp3) is 0.545. The van der Waals surface area contributed by atoms with Crippen LogP contribution in [0.25, 0.3) is 0 Å². The van der Waals surface area contributed by atoms with Crippen molar-refractivity contribution in [2.24, 2.45) is 28.5 Å². The fourth-order valence-electron chi connectivity index (χ4n) is 1.67. The smallest absolute Gasteiger partial charge is 0.0665 e. The van der Waals surface area contributed by atoms with E-state index < -0.39 is 0 Å². The summed E-state index contributed by atoms with van der Waals surface area (Å²) >= 11 is 0. The number of hydrogen-bond donors (Lipinski definition) is 1. The van der Waals surface area contributed by atoms with Gasteiger partial charge in [-0.05, 0) is 24.3 Å². The summed E-state index contributed by atoms with van der Waals surface area (Å²) in [7, 11) is 0. The normalized spacial score (nSPS) is 31.6. The summed E-state index contributed by atoms with van der Waals surface area (Å²) in [5.74, 6) is 1.86. The summed E-state index contributed by atoms with van der Waals surface area (Å²) in [6.07, 6.45) is 7.42. The molecule has 2 aliphatic carbocycles. The predicted octanol–water partition coefficient (Wildman–Crippen LogP) is 2.09. The molecule has 2 nitrogen and oxygen atoms in total. The van der Waals surface area contributed by atoms with E-state index in [1.807, 2.05) is 12.3 Å². The van der Waals surface area contributed by atoms with Gasteiger partial charge in [0.25, 0.3) is 0 Å². The minimum atomic E-state index is 0.503. The van der Waals surface area contributed by atoms with E-state index in [9.17, 15) is 0 Å². The molecule has 0 radical (unpaired) electrons. The lowest BCUT2D eigenvalue weighted by Crippen LogP contribution is -2.05. The van der Waals surface area contributed by atoms with E-state index >= 15 is 0 Å². The Morgan fingerprint density at radius 2 is 2.38 bits per heavy atom. The van der Waals surface area contributed by atoms with Gasteiger partial charge >= 0.3 is 0 Å². The molecular formula is C11H16N2. The largest absolute Gasteiger partial charge is 0.397 e. The van der Waals surface area contributed by atoms with Crippen LogP contribution in [0, 0.1) is 17.8 Å². The molecule has 2 unspecified atom stereocenters. The second-order valence-corrected chi connectivity index (χ2v) is 4.23. The van der Waals surface area contributed by atoms with Crippen LogP contribution >= 0.6 is 0 Å². The highest BCUT2D eigenvalue weighted by Gasteiger charge is 2.40. The van der Waals surface area contributed by atoms with Crippen molar-refractivity contribution in [1.82, 2.24) is 0 Å². The van der Waals surface area contributed by atoms with Crippen molar-refractivity contribution in [3.8, 4) is 0 Å². The Kier molecular flexibility index (Phi) is 1.98. The Hall–Kier alpha value is -1.05. The highest BCUT2D eigenvalue weighted by Crippen LogP contribution is 2.48. The standard InChI is InChI=1S/C11H16N2/c1-7(2)6-13-11-9-5-8(9)3-4-10(11)12/h3-4,6-9H,5,12H2,1-2H3. The molecule has 0 amide bonds. The van der Waals surface area contributed by atoms with Crippen molar-refractivity contribution < 1.29 is 0 Å². The van der Waals surface area contributed by atoms with E-state index in [0.717, 1.165) is 17.3 Å². The zero-order valence-electron chi connectivity index (χ0n) is 8.20. The quantitative estimate of drug-likeness (QED) is 0.643. The van der Waals surface area contributed by atoms with Crippen molar-refractivity contribution in [3.05, 3.63) is 23.5 Å². The monoisotopic (exact) mass is 176 g/mol. The summed E-state index contributed by atoms with van der Waals surface area (Å²) in [6.45, 7) is 4.26. The summed E-state index contributed by atoms with van der Waals surface area (Å²) in [5, 5.41) is 0. The van der Waals surface area contributed by atoms with Crippen molar-refractivity contribution in [2.45, 2.75) is 20.3 Å². The molecule has 0 aromatic rings. The van der Waals surface area contributed by atoms with Crippen LogP contribution in [-0.4, -0.2) is 6.21 Å². The molecule has 0 heterocycles. The Labute approximate surface area is 79.2 Å². The lowest BCUT2D eigenvalue weighted by Gasteiger charge is -2.07. The van der Waals surface area contributed by atoms with Crippen molar-refractivity contribution in [2.75, 3.05) is 0 Å².